The number of nitrogens with one attached hydrogen (secondary N) is 1. The van der Waals surface area contributed by atoms with Crippen LogP contribution >= 0.6 is 11.6 Å². The van der Waals surface area contributed by atoms with Crippen LogP contribution in [0.25, 0.3) is 0 Å². The number of halogens is 2. The van der Waals surface area contributed by atoms with Crippen molar-refractivity contribution in [2.24, 2.45) is 5.92 Å². The first-order chi connectivity index (χ1) is 9.72. The summed E-state index contributed by atoms with van der Waals surface area (Å²) >= 11 is 5.75. The van der Waals surface area contributed by atoms with Crippen molar-refractivity contribution >= 4 is 11.6 Å². The smallest absolute Gasteiger partial charge is 0.142 e. The Kier molecular flexibility index (Phi) is 4.59. The van der Waals surface area contributed by atoms with E-state index in [9.17, 15) is 4.39 Å². The molecule has 1 saturated carbocycles. The summed E-state index contributed by atoms with van der Waals surface area (Å²) in [7, 11) is 0. The summed E-state index contributed by atoms with van der Waals surface area (Å²) in [4.78, 5) is 2.54. The molecule has 2 fully saturated rings. The van der Waals surface area contributed by atoms with Crippen LogP contribution in [-0.4, -0.2) is 30.6 Å². The Morgan fingerprint density at radius 2 is 1.95 bits per heavy atom. The Hall–Kier alpha value is -0.640. The molecule has 0 unspecified atom stereocenters. The molecule has 1 aromatic rings. The number of piperidine rings is 1. The van der Waals surface area contributed by atoms with Gasteiger partial charge in [-0.2, -0.15) is 0 Å². The van der Waals surface area contributed by atoms with Crippen LogP contribution in [0.5, 0.6) is 0 Å². The van der Waals surface area contributed by atoms with Crippen molar-refractivity contribution in [1.29, 1.82) is 0 Å². The zero-order chi connectivity index (χ0) is 13.9. The lowest BCUT2D eigenvalue weighted by Gasteiger charge is -2.30. The first-order valence-corrected chi connectivity index (χ1v) is 7.99. The monoisotopic (exact) mass is 296 g/mol. The summed E-state index contributed by atoms with van der Waals surface area (Å²) in [6.45, 7) is 4.27. The summed E-state index contributed by atoms with van der Waals surface area (Å²) in [5.74, 6) is 0.482. The SMILES string of the molecule is Fc1cc(CN(CC2CCNCC2)C2CC2)ccc1Cl. The van der Waals surface area contributed by atoms with Crippen molar-refractivity contribution in [2.75, 3.05) is 19.6 Å². The van der Waals surface area contributed by atoms with Gasteiger partial charge in [-0.25, -0.2) is 4.39 Å². The maximum atomic E-state index is 13.5. The van der Waals surface area contributed by atoms with Gasteiger partial charge in [0.2, 0.25) is 0 Å². The van der Waals surface area contributed by atoms with Gasteiger partial charge in [0.1, 0.15) is 5.82 Å². The predicted molar refractivity (Wildman–Crippen MR) is 80.4 cm³/mol. The first kappa shape index (κ1) is 14.3. The lowest BCUT2D eigenvalue weighted by Crippen LogP contribution is -2.37. The fourth-order valence-corrected chi connectivity index (χ4v) is 3.17. The van der Waals surface area contributed by atoms with Crippen LogP contribution in [0.3, 0.4) is 0 Å². The van der Waals surface area contributed by atoms with Gasteiger partial charge in [-0.05, 0) is 62.4 Å². The maximum Gasteiger partial charge on any atom is 0.142 e. The van der Waals surface area contributed by atoms with Gasteiger partial charge in [-0.15, -0.1) is 0 Å². The molecule has 1 N–H and O–H groups in total. The van der Waals surface area contributed by atoms with Gasteiger partial charge in [-0.1, -0.05) is 17.7 Å². The highest BCUT2D eigenvalue weighted by Crippen LogP contribution is 2.30. The van der Waals surface area contributed by atoms with Crippen LogP contribution in [0.4, 0.5) is 4.39 Å². The highest BCUT2D eigenvalue weighted by atomic mass is 35.5. The third-order valence-corrected chi connectivity index (χ3v) is 4.69. The summed E-state index contributed by atoms with van der Waals surface area (Å²) in [6, 6.07) is 5.91. The molecule has 20 heavy (non-hydrogen) atoms. The second kappa shape index (κ2) is 6.42. The fraction of sp³-hybridized carbons (Fsp3) is 0.625. The van der Waals surface area contributed by atoms with E-state index in [1.165, 1.54) is 25.7 Å². The molecule has 4 heteroatoms. The van der Waals surface area contributed by atoms with Crippen molar-refractivity contribution in [3.05, 3.63) is 34.6 Å². The van der Waals surface area contributed by atoms with Gasteiger partial charge < -0.3 is 5.32 Å². The first-order valence-electron chi connectivity index (χ1n) is 7.61. The second-order valence-electron chi connectivity index (χ2n) is 6.10. The van der Waals surface area contributed by atoms with Gasteiger partial charge >= 0.3 is 0 Å². The number of hydrogen-bond acceptors (Lipinski definition) is 2. The third-order valence-electron chi connectivity index (χ3n) is 4.38. The number of hydrogen-bond donors (Lipinski definition) is 1. The molecule has 1 heterocycles. The second-order valence-corrected chi connectivity index (χ2v) is 6.51. The summed E-state index contributed by atoms with van der Waals surface area (Å²) in [5.41, 5.74) is 1.03. The number of rotatable bonds is 5. The highest BCUT2D eigenvalue weighted by molar-refractivity contribution is 6.30. The van der Waals surface area contributed by atoms with Gasteiger partial charge in [0.15, 0.2) is 0 Å². The Bertz CT molecular complexity index is 456. The minimum absolute atomic E-state index is 0.213. The van der Waals surface area contributed by atoms with E-state index in [-0.39, 0.29) is 10.8 Å². The summed E-state index contributed by atoms with van der Waals surface area (Å²) in [5, 5.41) is 3.63. The Morgan fingerprint density at radius 1 is 1.20 bits per heavy atom. The minimum atomic E-state index is -0.304. The molecule has 110 valence electrons. The zero-order valence-electron chi connectivity index (χ0n) is 11.7. The predicted octanol–water partition coefficient (Wildman–Crippen LogP) is 3.44. The fourth-order valence-electron chi connectivity index (χ4n) is 3.05. The van der Waals surface area contributed by atoms with E-state index >= 15 is 0 Å². The maximum absolute atomic E-state index is 13.5. The molecule has 0 spiro atoms. The molecule has 1 saturated heterocycles. The third kappa shape index (κ3) is 3.72. The van der Waals surface area contributed by atoms with E-state index in [1.54, 1.807) is 12.1 Å². The molecule has 0 radical (unpaired) electrons. The van der Waals surface area contributed by atoms with Gasteiger partial charge in [-0.3, -0.25) is 4.90 Å². The van der Waals surface area contributed by atoms with Crippen molar-refractivity contribution < 1.29 is 4.39 Å². The van der Waals surface area contributed by atoms with Crippen molar-refractivity contribution in [3.63, 3.8) is 0 Å². The standard InChI is InChI=1S/C16H22ClFN2/c17-15-4-1-13(9-16(15)18)11-20(14-2-3-14)10-12-5-7-19-8-6-12/h1,4,9,12,14,19H,2-3,5-8,10-11H2. The molecule has 1 aliphatic carbocycles. The molecule has 0 aromatic heterocycles. The average Bonchev–Trinajstić information content (AvgIpc) is 3.28. The molecule has 0 bridgehead atoms. The molecular formula is C16H22ClFN2. The van der Waals surface area contributed by atoms with E-state index in [4.69, 9.17) is 11.6 Å². The topological polar surface area (TPSA) is 15.3 Å². The van der Waals surface area contributed by atoms with Crippen LogP contribution in [0.15, 0.2) is 18.2 Å². The summed E-state index contributed by atoms with van der Waals surface area (Å²) < 4.78 is 13.5. The molecule has 1 aliphatic heterocycles. The van der Waals surface area contributed by atoms with E-state index in [0.29, 0.717) is 6.04 Å². The van der Waals surface area contributed by atoms with Crippen LogP contribution in [0.1, 0.15) is 31.2 Å². The average molecular weight is 297 g/mol. The normalized spacial score (nSPS) is 20.6. The minimum Gasteiger partial charge on any atom is -0.317 e. The lowest BCUT2D eigenvalue weighted by molar-refractivity contribution is 0.190. The largest absolute Gasteiger partial charge is 0.317 e. The molecule has 1 aromatic carbocycles. The zero-order valence-corrected chi connectivity index (χ0v) is 12.5. The number of nitrogens with zero attached hydrogens (tertiary/aromatic N) is 1. The van der Waals surface area contributed by atoms with Crippen molar-refractivity contribution in [1.82, 2.24) is 10.2 Å². The van der Waals surface area contributed by atoms with E-state index in [2.05, 4.69) is 10.2 Å². The van der Waals surface area contributed by atoms with Gasteiger partial charge in [0.25, 0.3) is 0 Å². The molecule has 2 nitrogen and oxygen atoms in total. The molecule has 0 amide bonds. The quantitative estimate of drug-likeness (QED) is 0.895. The van der Waals surface area contributed by atoms with Gasteiger partial charge in [0.05, 0.1) is 5.02 Å². The highest BCUT2D eigenvalue weighted by Gasteiger charge is 2.30. The Balaban J connectivity index is 1.62. The number of benzene rings is 1. The van der Waals surface area contributed by atoms with Crippen LogP contribution in [-0.2, 0) is 6.54 Å². The molecular weight excluding hydrogens is 275 g/mol. The Labute approximate surface area is 125 Å². The Morgan fingerprint density at radius 3 is 2.60 bits per heavy atom. The molecule has 3 rings (SSSR count). The van der Waals surface area contributed by atoms with Crippen LogP contribution < -0.4 is 5.32 Å². The van der Waals surface area contributed by atoms with Crippen LogP contribution in [0, 0.1) is 11.7 Å². The lowest BCUT2D eigenvalue weighted by atomic mass is 9.97. The van der Waals surface area contributed by atoms with Crippen molar-refractivity contribution in [3.8, 4) is 0 Å². The van der Waals surface area contributed by atoms with E-state index in [0.717, 1.165) is 37.7 Å². The summed E-state index contributed by atoms with van der Waals surface area (Å²) in [6.07, 6.45) is 5.11. The molecule has 0 atom stereocenters. The van der Waals surface area contributed by atoms with Crippen LogP contribution in [0.2, 0.25) is 5.02 Å². The van der Waals surface area contributed by atoms with Gasteiger partial charge in [0, 0.05) is 19.1 Å². The van der Waals surface area contributed by atoms with Crippen molar-refractivity contribution in [2.45, 2.75) is 38.3 Å². The van der Waals surface area contributed by atoms with E-state index < -0.39 is 0 Å². The molecule has 2 aliphatic rings. The van der Waals surface area contributed by atoms with E-state index in [1.807, 2.05) is 6.07 Å².